The summed E-state index contributed by atoms with van der Waals surface area (Å²) in [4.78, 5) is 21.6. The van der Waals surface area contributed by atoms with Crippen LogP contribution in [0.1, 0.15) is 23.7 Å². The van der Waals surface area contributed by atoms with Crippen molar-refractivity contribution in [1.82, 2.24) is 0 Å². The van der Waals surface area contributed by atoms with Gasteiger partial charge in [0.2, 0.25) is 0 Å². The molecule has 0 aromatic heterocycles. The third-order valence-corrected chi connectivity index (χ3v) is 2.09. The van der Waals surface area contributed by atoms with Crippen molar-refractivity contribution in [2.75, 3.05) is 0 Å². The monoisotopic (exact) mass is 218 g/mol. The maximum absolute atomic E-state index is 11.6. The second-order valence-corrected chi connectivity index (χ2v) is 3.46. The number of nitro benzene ring substituents is 1. The van der Waals surface area contributed by atoms with Crippen molar-refractivity contribution >= 4 is 11.5 Å². The standard InChI is InChI=1S/C11H10N2O3/c1-8(7-12)5-11(14)9-3-2-4-10(6-9)13(15)16/h2-4,6,8H,5H2,1H3. The molecule has 5 nitrogen and oxygen atoms in total. The van der Waals surface area contributed by atoms with Gasteiger partial charge in [0.1, 0.15) is 0 Å². The van der Waals surface area contributed by atoms with Crippen LogP contribution < -0.4 is 0 Å². The summed E-state index contributed by atoms with van der Waals surface area (Å²) < 4.78 is 0. The second-order valence-electron chi connectivity index (χ2n) is 3.46. The summed E-state index contributed by atoms with van der Waals surface area (Å²) in [6, 6.07) is 7.47. The van der Waals surface area contributed by atoms with Gasteiger partial charge in [0.25, 0.3) is 5.69 Å². The van der Waals surface area contributed by atoms with Crippen molar-refractivity contribution < 1.29 is 9.72 Å². The van der Waals surface area contributed by atoms with E-state index in [1.165, 1.54) is 24.3 Å². The van der Waals surface area contributed by atoms with E-state index in [1.54, 1.807) is 6.92 Å². The third-order valence-electron chi connectivity index (χ3n) is 2.09. The van der Waals surface area contributed by atoms with Crippen molar-refractivity contribution in [3.8, 4) is 6.07 Å². The smallest absolute Gasteiger partial charge is 0.270 e. The number of ketones is 1. The van der Waals surface area contributed by atoms with Gasteiger partial charge in [-0.05, 0) is 6.92 Å². The predicted octanol–water partition coefficient (Wildman–Crippen LogP) is 2.33. The average molecular weight is 218 g/mol. The zero-order valence-electron chi connectivity index (χ0n) is 8.71. The van der Waals surface area contributed by atoms with Gasteiger partial charge < -0.3 is 0 Å². The Morgan fingerprint density at radius 2 is 2.31 bits per heavy atom. The van der Waals surface area contributed by atoms with Crippen LogP contribution in [0.3, 0.4) is 0 Å². The summed E-state index contributed by atoms with van der Waals surface area (Å²) >= 11 is 0. The zero-order valence-corrected chi connectivity index (χ0v) is 8.71. The van der Waals surface area contributed by atoms with Gasteiger partial charge in [-0.15, -0.1) is 0 Å². The number of nitro groups is 1. The number of benzene rings is 1. The molecule has 82 valence electrons. The lowest BCUT2D eigenvalue weighted by molar-refractivity contribution is -0.384. The molecule has 0 spiro atoms. The summed E-state index contributed by atoms with van der Waals surface area (Å²) in [5.41, 5.74) is 0.159. The molecule has 0 N–H and O–H groups in total. The predicted molar refractivity (Wildman–Crippen MR) is 56.8 cm³/mol. The summed E-state index contributed by atoms with van der Waals surface area (Å²) in [7, 11) is 0. The largest absolute Gasteiger partial charge is 0.294 e. The summed E-state index contributed by atoms with van der Waals surface area (Å²) in [6.45, 7) is 1.63. The Balaban J connectivity index is 2.89. The normalized spacial score (nSPS) is 11.5. The number of nitrogens with zero attached hydrogens (tertiary/aromatic N) is 2. The van der Waals surface area contributed by atoms with E-state index in [0.29, 0.717) is 0 Å². The van der Waals surface area contributed by atoms with Crippen molar-refractivity contribution in [2.45, 2.75) is 13.3 Å². The van der Waals surface area contributed by atoms with Gasteiger partial charge in [0.15, 0.2) is 5.78 Å². The number of nitriles is 1. The molecular weight excluding hydrogens is 208 g/mol. The molecule has 0 radical (unpaired) electrons. The molecule has 0 aliphatic carbocycles. The third kappa shape index (κ3) is 2.89. The molecule has 0 saturated heterocycles. The first-order valence-corrected chi connectivity index (χ1v) is 4.72. The molecule has 1 aromatic carbocycles. The van der Waals surface area contributed by atoms with Crippen LogP contribution in [0.4, 0.5) is 5.69 Å². The number of hydrogen-bond donors (Lipinski definition) is 0. The summed E-state index contributed by atoms with van der Waals surface area (Å²) in [6.07, 6.45) is 0.0810. The second kappa shape index (κ2) is 5.03. The van der Waals surface area contributed by atoms with Gasteiger partial charge in [-0.3, -0.25) is 14.9 Å². The highest BCUT2D eigenvalue weighted by Gasteiger charge is 2.13. The maximum atomic E-state index is 11.6. The fourth-order valence-corrected chi connectivity index (χ4v) is 1.23. The highest BCUT2D eigenvalue weighted by molar-refractivity contribution is 5.96. The van der Waals surface area contributed by atoms with E-state index in [1.807, 2.05) is 6.07 Å². The Morgan fingerprint density at radius 3 is 2.88 bits per heavy atom. The molecule has 0 bridgehead atoms. The quantitative estimate of drug-likeness (QED) is 0.441. The first-order chi connectivity index (χ1) is 7.54. The molecular formula is C11H10N2O3. The van der Waals surface area contributed by atoms with Gasteiger partial charge in [-0.25, -0.2) is 0 Å². The van der Waals surface area contributed by atoms with E-state index < -0.39 is 4.92 Å². The molecule has 0 aliphatic heterocycles. The fourth-order valence-electron chi connectivity index (χ4n) is 1.23. The van der Waals surface area contributed by atoms with E-state index in [2.05, 4.69) is 0 Å². The van der Waals surface area contributed by atoms with Crippen LogP contribution in [-0.2, 0) is 0 Å². The Morgan fingerprint density at radius 1 is 1.62 bits per heavy atom. The van der Waals surface area contributed by atoms with Crippen LogP contribution >= 0.6 is 0 Å². The molecule has 0 aliphatic rings. The highest BCUT2D eigenvalue weighted by Crippen LogP contribution is 2.16. The van der Waals surface area contributed by atoms with Crippen molar-refractivity contribution in [2.24, 2.45) is 5.92 Å². The van der Waals surface area contributed by atoms with Gasteiger partial charge in [-0.1, -0.05) is 12.1 Å². The minimum absolute atomic E-state index is 0.0810. The first-order valence-electron chi connectivity index (χ1n) is 4.72. The number of non-ortho nitro benzene ring substituents is 1. The maximum Gasteiger partial charge on any atom is 0.270 e. The van der Waals surface area contributed by atoms with Gasteiger partial charge >= 0.3 is 0 Å². The van der Waals surface area contributed by atoms with E-state index in [4.69, 9.17) is 5.26 Å². The van der Waals surface area contributed by atoms with Crippen LogP contribution in [0.15, 0.2) is 24.3 Å². The SMILES string of the molecule is CC(C#N)CC(=O)c1cccc([N+](=O)[O-])c1. The van der Waals surface area contributed by atoms with Crippen LogP contribution in [0.25, 0.3) is 0 Å². The van der Waals surface area contributed by atoms with Crippen LogP contribution in [0.2, 0.25) is 0 Å². The Kier molecular flexibility index (Phi) is 3.72. The van der Waals surface area contributed by atoms with Gasteiger partial charge in [-0.2, -0.15) is 5.26 Å². The van der Waals surface area contributed by atoms with Crippen molar-refractivity contribution in [3.05, 3.63) is 39.9 Å². The number of Topliss-reactive ketones (excluding diaryl/α,β-unsaturated/α-hetero) is 1. The first kappa shape index (κ1) is 11.9. The van der Waals surface area contributed by atoms with Crippen molar-refractivity contribution in [1.29, 1.82) is 5.26 Å². The minimum atomic E-state index is -0.551. The average Bonchev–Trinajstić information content (AvgIpc) is 2.28. The molecule has 0 amide bonds. The molecule has 1 aromatic rings. The van der Waals surface area contributed by atoms with Crippen molar-refractivity contribution in [3.63, 3.8) is 0 Å². The van der Waals surface area contributed by atoms with E-state index in [9.17, 15) is 14.9 Å². The van der Waals surface area contributed by atoms with Gasteiger partial charge in [0, 0.05) is 24.1 Å². The van der Waals surface area contributed by atoms with Gasteiger partial charge in [0.05, 0.1) is 16.9 Å². The molecule has 0 heterocycles. The van der Waals surface area contributed by atoms with Crippen LogP contribution in [0, 0.1) is 27.4 Å². The van der Waals surface area contributed by atoms with Crippen LogP contribution in [-0.4, -0.2) is 10.7 Å². The minimum Gasteiger partial charge on any atom is -0.294 e. The number of hydrogen-bond acceptors (Lipinski definition) is 4. The fraction of sp³-hybridized carbons (Fsp3) is 0.273. The lowest BCUT2D eigenvalue weighted by Gasteiger charge is -2.01. The zero-order chi connectivity index (χ0) is 12.1. The molecule has 0 fully saturated rings. The van der Waals surface area contributed by atoms with E-state index in [0.717, 1.165) is 0 Å². The number of carbonyl (C=O) groups is 1. The summed E-state index contributed by atoms with van der Waals surface area (Å²) in [5.74, 6) is -0.635. The lowest BCUT2D eigenvalue weighted by Crippen LogP contribution is -2.04. The van der Waals surface area contributed by atoms with E-state index >= 15 is 0 Å². The molecule has 16 heavy (non-hydrogen) atoms. The molecule has 1 unspecified atom stereocenters. The van der Waals surface area contributed by atoms with Crippen LogP contribution in [0.5, 0.6) is 0 Å². The lowest BCUT2D eigenvalue weighted by atomic mass is 10.0. The number of rotatable bonds is 4. The number of carbonyl (C=O) groups excluding carboxylic acids is 1. The summed E-state index contributed by atoms with van der Waals surface area (Å²) in [5, 5.41) is 19.1. The Bertz CT molecular complexity index is 463. The molecule has 1 atom stereocenters. The molecule has 5 heteroatoms. The molecule has 1 rings (SSSR count). The highest BCUT2D eigenvalue weighted by atomic mass is 16.6. The Hall–Kier alpha value is -2.22. The van der Waals surface area contributed by atoms with E-state index in [-0.39, 0.29) is 29.4 Å². The topological polar surface area (TPSA) is 84.0 Å². The molecule has 0 saturated carbocycles. The Labute approximate surface area is 92.5 Å².